The molecule has 0 saturated carbocycles. The Morgan fingerprint density at radius 2 is 1.76 bits per heavy atom. The quantitative estimate of drug-likeness (QED) is 0.792. The molecule has 0 aliphatic heterocycles. The number of H-pyrrole nitrogens is 2. The Morgan fingerprint density at radius 3 is 2.32 bits per heavy atom. The summed E-state index contributed by atoms with van der Waals surface area (Å²) in [6, 6.07) is 3.76. The van der Waals surface area contributed by atoms with Crippen molar-refractivity contribution in [2.45, 2.75) is 20.8 Å². The molecule has 0 saturated heterocycles. The van der Waals surface area contributed by atoms with Gasteiger partial charge >= 0.3 is 0 Å². The number of aromatic amines is 2. The number of fused-ring (bicyclic) bond motifs is 1. The molecule has 6 heteroatoms. The first kappa shape index (κ1) is 19.0. The molecule has 136 valence electrons. The van der Waals surface area contributed by atoms with Gasteiger partial charge in [0.15, 0.2) is 5.78 Å². The summed E-state index contributed by atoms with van der Waals surface area (Å²) in [6.45, 7) is 7.16. The van der Waals surface area contributed by atoms with Gasteiger partial charge in [0.1, 0.15) is 11.3 Å². The van der Waals surface area contributed by atoms with Crippen LogP contribution in [0.3, 0.4) is 0 Å². The topological polar surface area (TPSA) is 72.2 Å². The summed E-state index contributed by atoms with van der Waals surface area (Å²) in [5.41, 5.74) is 1.79. The van der Waals surface area contributed by atoms with Crippen LogP contribution in [0.4, 0.5) is 0 Å². The lowest BCUT2D eigenvalue weighted by atomic mass is 9.90. The Balaban J connectivity index is 2.10. The van der Waals surface area contributed by atoms with Gasteiger partial charge in [0.05, 0.1) is 0 Å². The Labute approximate surface area is 148 Å². The average Bonchev–Trinajstić information content (AvgIpc) is 3.06. The van der Waals surface area contributed by atoms with Gasteiger partial charge in [0, 0.05) is 36.6 Å². The SMILES string of the molecule is CN(C)CCN(C)C(=O)c1cc2cc(/C=C/C(=O)C(C)(C)C)[nH]c2[nH]1. The normalized spacial score (nSPS) is 12.4. The Hall–Kier alpha value is -2.34. The number of carbonyl (C=O) groups excluding carboxylic acids is 2. The number of ketones is 1. The van der Waals surface area contributed by atoms with Gasteiger partial charge in [-0.2, -0.15) is 0 Å². The van der Waals surface area contributed by atoms with Crippen molar-refractivity contribution >= 4 is 28.8 Å². The monoisotopic (exact) mass is 344 g/mol. The van der Waals surface area contributed by atoms with Gasteiger partial charge in [-0.3, -0.25) is 9.59 Å². The lowest BCUT2D eigenvalue weighted by Crippen LogP contribution is -2.33. The van der Waals surface area contributed by atoms with Crippen molar-refractivity contribution in [3.05, 3.63) is 29.6 Å². The van der Waals surface area contributed by atoms with E-state index in [1.807, 2.05) is 51.9 Å². The molecule has 1 amide bonds. The predicted octanol–water partition coefficient (Wildman–Crippen LogP) is 2.76. The van der Waals surface area contributed by atoms with Crippen LogP contribution in [0.15, 0.2) is 18.2 Å². The van der Waals surface area contributed by atoms with E-state index in [9.17, 15) is 9.59 Å². The van der Waals surface area contributed by atoms with E-state index in [4.69, 9.17) is 0 Å². The second-order valence-electron chi connectivity index (χ2n) is 7.72. The summed E-state index contributed by atoms with van der Waals surface area (Å²) in [7, 11) is 5.76. The maximum atomic E-state index is 12.4. The van der Waals surface area contributed by atoms with Crippen molar-refractivity contribution in [2.24, 2.45) is 5.41 Å². The minimum atomic E-state index is -0.388. The number of nitrogens with zero attached hydrogens (tertiary/aromatic N) is 2. The van der Waals surface area contributed by atoms with E-state index in [1.54, 1.807) is 24.1 Å². The third-order valence-corrected chi connectivity index (χ3v) is 4.04. The van der Waals surface area contributed by atoms with Crippen molar-refractivity contribution in [3.63, 3.8) is 0 Å². The number of likely N-dealkylation sites (N-methyl/N-ethyl adjacent to an activating group) is 2. The van der Waals surface area contributed by atoms with Gasteiger partial charge in [-0.25, -0.2) is 0 Å². The van der Waals surface area contributed by atoms with Gasteiger partial charge in [-0.15, -0.1) is 0 Å². The molecule has 0 atom stereocenters. The minimum Gasteiger partial charge on any atom is -0.341 e. The molecule has 0 fully saturated rings. The number of aromatic nitrogens is 2. The molecule has 6 nitrogen and oxygen atoms in total. The predicted molar refractivity (Wildman–Crippen MR) is 102 cm³/mol. The fraction of sp³-hybridized carbons (Fsp3) is 0.474. The fourth-order valence-corrected chi connectivity index (χ4v) is 2.31. The van der Waals surface area contributed by atoms with Crippen LogP contribution in [0.1, 0.15) is 37.0 Å². The van der Waals surface area contributed by atoms with Crippen molar-refractivity contribution in [2.75, 3.05) is 34.2 Å². The fourth-order valence-electron chi connectivity index (χ4n) is 2.31. The minimum absolute atomic E-state index is 0.0357. The molecule has 0 radical (unpaired) electrons. The standard InChI is InChI=1S/C19H28N4O2/c1-19(2,3)16(24)8-7-14-11-13-12-15(21-17(13)20-14)18(25)23(6)10-9-22(4)5/h7-8,11-12,20-21H,9-10H2,1-6H3/b8-7+. The first-order valence-electron chi connectivity index (χ1n) is 8.42. The van der Waals surface area contributed by atoms with E-state index in [0.717, 1.165) is 23.3 Å². The van der Waals surface area contributed by atoms with Crippen LogP contribution in [0.5, 0.6) is 0 Å². The Bertz CT molecular complexity index is 759. The third-order valence-electron chi connectivity index (χ3n) is 4.04. The number of amides is 1. The lowest BCUT2D eigenvalue weighted by Gasteiger charge is -2.18. The third kappa shape index (κ3) is 4.82. The number of rotatable bonds is 6. The number of nitrogens with one attached hydrogen (secondary N) is 2. The van der Waals surface area contributed by atoms with E-state index >= 15 is 0 Å². The maximum Gasteiger partial charge on any atom is 0.270 e. The van der Waals surface area contributed by atoms with Crippen LogP contribution < -0.4 is 0 Å². The molecule has 0 aliphatic rings. The van der Waals surface area contributed by atoms with Crippen LogP contribution in [-0.4, -0.2) is 65.7 Å². The van der Waals surface area contributed by atoms with E-state index in [-0.39, 0.29) is 17.1 Å². The maximum absolute atomic E-state index is 12.4. The first-order valence-corrected chi connectivity index (χ1v) is 8.42. The van der Waals surface area contributed by atoms with E-state index in [0.29, 0.717) is 12.2 Å². The molecule has 25 heavy (non-hydrogen) atoms. The van der Waals surface area contributed by atoms with Gasteiger partial charge in [0.25, 0.3) is 5.91 Å². The summed E-state index contributed by atoms with van der Waals surface area (Å²) < 4.78 is 0. The highest BCUT2D eigenvalue weighted by molar-refractivity contribution is 5.99. The van der Waals surface area contributed by atoms with Gasteiger partial charge < -0.3 is 19.8 Å². The van der Waals surface area contributed by atoms with E-state index in [2.05, 4.69) is 9.97 Å². The number of allylic oxidation sites excluding steroid dienone is 1. The average molecular weight is 344 g/mol. The van der Waals surface area contributed by atoms with Crippen molar-refractivity contribution in [3.8, 4) is 0 Å². The van der Waals surface area contributed by atoms with Crippen LogP contribution in [0.2, 0.25) is 0 Å². The molecule has 0 bridgehead atoms. The highest BCUT2D eigenvalue weighted by Gasteiger charge is 2.18. The summed E-state index contributed by atoms with van der Waals surface area (Å²) in [4.78, 5) is 34.5. The van der Waals surface area contributed by atoms with E-state index in [1.165, 1.54) is 0 Å². The summed E-state index contributed by atoms with van der Waals surface area (Å²) in [5.74, 6) is 0.0376. The number of hydrogen-bond donors (Lipinski definition) is 2. The van der Waals surface area contributed by atoms with Gasteiger partial charge in [0.2, 0.25) is 0 Å². The van der Waals surface area contributed by atoms with Crippen LogP contribution >= 0.6 is 0 Å². The first-order chi connectivity index (χ1) is 11.6. The van der Waals surface area contributed by atoms with Crippen LogP contribution in [0.25, 0.3) is 17.1 Å². The van der Waals surface area contributed by atoms with Gasteiger partial charge in [-0.05, 0) is 38.4 Å². The van der Waals surface area contributed by atoms with Crippen LogP contribution in [-0.2, 0) is 4.79 Å². The smallest absolute Gasteiger partial charge is 0.270 e. The molecule has 0 spiro atoms. The molecule has 2 aromatic rings. The second-order valence-corrected chi connectivity index (χ2v) is 7.72. The molecular weight excluding hydrogens is 316 g/mol. The zero-order valence-electron chi connectivity index (χ0n) is 15.9. The van der Waals surface area contributed by atoms with Gasteiger partial charge in [-0.1, -0.05) is 20.8 Å². The highest BCUT2D eigenvalue weighted by Crippen LogP contribution is 2.20. The molecule has 2 aromatic heterocycles. The molecule has 2 heterocycles. The van der Waals surface area contributed by atoms with Crippen LogP contribution in [0, 0.1) is 5.41 Å². The van der Waals surface area contributed by atoms with Crippen molar-refractivity contribution in [1.29, 1.82) is 0 Å². The molecule has 0 aromatic carbocycles. The largest absolute Gasteiger partial charge is 0.341 e. The molecule has 2 N–H and O–H groups in total. The number of carbonyl (C=O) groups is 2. The Kier molecular flexibility index (Phi) is 5.52. The summed E-state index contributed by atoms with van der Waals surface area (Å²) in [5, 5.41) is 0.923. The zero-order chi connectivity index (χ0) is 18.8. The van der Waals surface area contributed by atoms with Crippen molar-refractivity contribution in [1.82, 2.24) is 19.8 Å². The number of hydrogen-bond acceptors (Lipinski definition) is 3. The van der Waals surface area contributed by atoms with Crippen molar-refractivity contribution < 1.29 is 9.59 Å². The highest BCUT2D eigenvalue weighted by atomic mass is 16.2. The summed E-state index contributed by atoms with van der Waals surface area (Å²) in [6.07, 6.45) is 3.36. The lowest BCUT2D eigenvalue weighted by molar-refractivity contribution is -0.121. The van der Waals surface area contributed by atoms with E-state index < -0.39 is 0 Å². The molecule has 0 unspecified atom stereocenters. The Morgan fingerprint density at radius 1 is 1.08 bits per heavy atom. The molecule has 2 rings (SSSR count). The second kappa shape index (κ2) is 7.27. The molecule has 0 aliphatic carbocycles. The zero-order valence-corrected chi connectivity index (χ0v) is 15.9. The molecular formula is C19H28N4O2. The summed E-state index contributed by atoms with van der Waals surface area (Å²) >= 11 is 0.